The first-order valence-electron chi connectivity index (χ1n) is 8.49. The molecule has 0 saturated heterocycles. The fourth-order valence-electron chi connectivity index (χ4n) is 2.77. The zero-order chi connectivity index (χ0) is 19.2. The summed E-state index contributed by atoms with van der Waals surface area (Å²) < 4.78 is 31.8. The Morgan fingerprint density at radius 1 is 1.04 bits per heavy atom. The lowest BCUT2D eigenvalue weighted by Gasteiger charge is -2.08. The number of fused-ring (bicyclic) bond motifs is 1. The number of amides is 1. The molecule has 0 fully saturated rings. The van der Waals surface area contributed by atoms with Gasteiger partial charge in [-0.05, 0) is 36.6 Å². The number of anilines is 1. The van der Waals surface area contributed by atoms with Gasteiger partial charge in [-0.3, -0.25) is 9.59 Å². The summed E-state index contributed by atoms with van der Waals surface area (Å²) in [6.45, 7) is -0.598. The SMILES string of the molecule is O=C(COC(=O)CCCc1c[nH]c2ccccc12)Nc1c(F)cccc1F. The highest BCUT2D eigenvalue weighted by Gasteiger charge is 2.13. The lowest BCUT2D eigenvalue weighted by molar-refractivity contribution is -0.147. The number of nitrogens with one attached hydrogen (secondary N) is 2. The fraction of sp³-hybridized carbons (Fsp3) is 0.200. The summed E-state index contributed by atoms with van der Waals surface area (Å²) >= 11 is 0. The lowest BCUT2D eigenvalue weighted by Crippen LogP contribution is -2.22. The van der Waals surface area contributed by atoms with E-state index in [2.05, 4.69) is 10.3 Å². The van der Waals surface area contributed by atoms with Crippen LogP contribution < -0.4 is 5.32 Å². The molecule has 3 rings (SSSR count). The number of aromatic amines is 1. The molecule has 2 N–H and O–H groups in total. The van der Waals surface area contributed by atoms with Crippen LogP contribution in [0.5, 0.6) is 0 Å². The van der Waals surface area contributed by atoms with Crippen LogP contribution in [0.2, 0.25) is 0 Å². The van der Waals surface area contributed by atoms with Gasteiger partial charge in [0, 0.05) is 23.5 Å². The monoisotopic (exact) mass is 372 g/mol. The van der Waals surface area contributed by atoms with Crippen molar-refractivity contribution in [2.24, 2.45) is 0 Å². The molecule has 0 saturated carbocycles. The molecule has 1 aromatic heterocycles. The second-order valence-electron chi connectivity index (χ2n) is 6.02. The highest BCUT2D eigenvalue weighted by molar-refractivity contribution is 5.93. The number of esters is 1. The summed E-state index contributed by atoms with van der Waals surface area (Å²) in [6, 6.07) is 11.1. The average Bonchev–Trinajstić information content (AvgIpc) is 3.06. The largest absolute Gasteiger partial charge is 0.456 e. The Morgan fingerprint density at radius 3 is 2.56 bits per heavy atom. The van der Waals surface area contributed by atoms with Crippen molar-refractivity contribution < 1.29 is 23.1 Å². The van der Waals surface area contributed by atoms with Gasteiger partial charge in [0.25, 0.3) is 5.91 Å². The van der Waals surface area contributed by atoms with Crippen LogP contribution in [0.25, 0.3) is 10.9 Å². The third kappa shape index (κ3) is 4.69. The molecule has 140 valence electrons. The zero-order valence-electron chi connectivity index (χ0n) is 14.4. The van der Waals surface area contributed by atoms with E-state index in [1.165, 1.54) is 6.07 Å². The van der Waals surface area contributed by atoms with Crippen LogP contribution >= 0.6 is 0 Å². The lowest BCUT2D eigenvalue weighted by atomic mass is 10.1. The first-order chi connectivity index (χ1) is 13.0. The molecule has 2 aromatic carbocycles. The number of rotatable bonds is 7. The summed E-state index contributed by atoms with van der Waals surface area (Å²) in [6.07, 6.45) is 3.29. The molecule has 3 aromatic rings. The van der Waals surface area contributed by atoms with Crippen LogP contribution in [0.1, 0.15) is 18.4 Å². The minimum Gasteiger partial charge on any atom is -0.456 e. The maximum absolute atomic E-state index is 13.5. The Bertz CT molecular complexity index is 949. The van der Waals surface area contributed by atoms with Gasteiger partial charge in [-0.15, -0.1) is 0 Å². The van der Waals surface area contributed by atoms with Crippen LogP contribution in [0, 0.1) is 11.6 Å². The Labute approximate surface area is 154 Å². The van der Waals surface area contributed by atoms with Crippen LogP contribution in [0.15, 0.2) is 48.7 Å². The van der Waals surface area contributed by atoms with Gasteiger partial charge < -0.3 is 15.0 Å². The van der Waals surface area contributed by atoms with Gasteiger partial charge in [0.1, 0.15) is 17.3 Å². The maximum Gasteiger partial charge on any atom is 0.306 e. The molecule has 1 amide bonds. The number of hydrogen-bond acceptors (Lipinski definition) is 3. The fourth-order valence-corrected chi connectivity index (χ4v) is 2.77. The third-order valence-corrected chi connectivity index (χ3v) is 4.09. The van der Waals surface area contributed by atoms with Crippen LogP contribution in [0.4, 0.5) is 14.5 Å². The minimum absolute atomic E-state index is 0.140. The number of benzene rings is 2. The molecule has 0 spiro atoms. The molecule has 5 nitrogen and oxygen atoms in total. The molecule has 0 aliphatic rings. The summed E-state index contributed by atoms with van der Waals surface area (Å²) in [5, 5.41) is 3.17. The van der Waals surface area contributed by atoms with Crippen LogP contribution in [-0.2, 0) is 20.7 Å². The molecule has 7 heteroatoms. The van der Waals surface area contributed by atoms with Crippen molar-refractivity contribution >= 4 is 28.5 Å². The molecule has 0 aliphatic carbocycles. The summed E-state index contributed by atoms with van der Waals surface area (Å²) in [4.78, 5) is 26.6. The highest BCUT2D eigenvalue weighted by Crippen LogP contribution is 2.20. The van der Waals surface area contributed by atoms with Gasteiger partial charge in [-0.25, -0.2) is 8.78 Å². The standard InChI is InChI=1S/C20H18F2N2O3/c21-15-7-4-8-16(22)20(15)24-18(25)12-27-19(26)10-3-5-13-11-23-17-9-2-1-6-14(13)17/h1-2,4,6-9,11,23H,3,5,10,12H2,(H,24,25). The first-order valence-corrected chi connectivity index (χ1v) is 8.49. The van der Waals surface area contributed by atoms with Crippen molar-refractivity contribution in [1.29, 1.82) is 0 Å². The maximum atomic E-state index is 13.5. The van der Waals surface area contributed by atoms with E-state index < -0.39 is 35.8 Å². The second kappa shape index (κ2) is 8.44. The van der Waals surface area contributed by atoms with E-state index in [1.807, 2.05) is 30.5 Å². The van der Waals surface area contributed by atoms with E-state index in [4.69, 9.17) is 4.74 Å². The summed E-state index contributed by atoms with van der Waals surface area (Å²) in [7, 11) is 0. The van der Waals surface area contributed by atoms with Crippen molar-refractivity contribution in [2.75, 3.05) is 11.9 Å². The highest BCUT2D eigenvalue weighted by atomic mass is 19.1. The number of hydrogen-bond donors (Lipinski definition) is 2. The topological polar surface area (TPSA) is 71.2 Å². The summed E-state index contributed by atoms with van der Waals surface area (Å²) in [5.74, 6) is -3.13. The number of carbonyl (C=O) groups is 2. The van der Waals surface area contributed by atoms with Gasteiger partial charge in [-0.1, -0.05) is 24.3 Å². The molecule has 0 bridgehead atoms. The van der Waals surface area contributed by atoms with Gasteiger partial charge in [0.2, 0.25) is 0 Å². The molecule has 0 atom stereocenters. The summed E-state index contributed by atoms with van der Waals surface area (Å²) in [5.41, 5.74) is 1.58. The Morgan fingerprint density at radius 2 is 1.78 bits per heavy atom. The van der Waals surface area contributed by atoms with Gasteiger partial charge in [0.05, 0.1) is 0 Å². The van der Waals surface area contributed by atoms with Gasteiger partial charge in [-0.2, -0.15) is 0 Å². The Kier molecular flexibility index (Phi) is 5.80. The van der Waals surface area contributed by atoms with Crippen molar-refractivity contribution in [1.82, 2.24) is 4.98 Å². The normalized spacial score (nSPS) is 10.7. The van der Waals surface area contributed by atoms with Crippen molar-refractivity contribution in [3.63, 3.8) is 0 Å². The average molecular weight is 372 g/mol. The van der Waals surface area contributed by atoms with E-state index in [0.717, 1.165) is 28.6 Å². The van der Waals surface area contributed by atoms with Crippen LogP contribution in [-0.4, -0.2) is 23.5 Å². The van der Waals surface area contributed by atoms with E-state index >= 15 is 0 Å². The minimum atomic E-state index is -0.895. The van der Waals surface area contributed by atoms with E-state index in [9.17, 15) is 18.4 Å². The Balaban J connectivity index is 1.42. The third-order valence-electron chi connectivity index (χ3n) is 4.09. The number of H-pyrrole nitrogens is 1. The van der Waals surface area contributed by atoms with Crippen molar-refractivity contribution in [2.45, 2.75) is 19.3 Å². The predicted octanol–water partition coefficient (Wildman–Crippen LogP) is 3.95. The van der Waals surface area contributed by atoms with Gasteiger partial charge in [0.15, 0.2) is 6.61 Å². The molecule has 27 heavy (non-hydrogen) atoms. The molecule has 0 radical (unpaired) electrons. The number of halogens is 2. The smallest absolute Gasteiger partial charge is 0.306 e. The zero-order valence-corrected chi connectivity index (χ0v) is 14.4. The van der Waals surface area contributed by atoms with Crippen LogP contribution in [0.3, 0.4) is 0 Å². The first kappa shape index (κ1) is 18.6. The number of aryl methyl sites for hydroxylation is 1. The van der Waals surface area contributed by atoms with E-state index in [0.29, 0.717) is 12.8 Å². The quantitative estimate of drug-likeness (QED) is 0.617. The molecular weight excluding hydrogens is 354 g/mol. The Hall–Kier alpha value is -3.22. The van der Waals surface area contributed by atoms with E-state index in [-0.39, 0.29) is 6.42 Å². The second-order valence-corrected chi connectivity index (χ2v) is 6.02. The molecular formula is C20H18F2N2O3. The van der Waals surface area contributed by atoms with Gasteiger partial charge >= 0.3 is 5.97 Å². The molecule has 0 unspecified atom stereocenters. The number of carbonyl (C=O) groups excluding carboxylic acids is 2. The number of aromatic nitrogens is 1. The number of para-hydroxylation sites is 2. The van der Waals surface area contributed by atoms with Crippen molar-refractivity contribution in [3.8, 4) is 0 Å². The molecule has 0 aliphatic heterocycles. The number of ether oxygens (including phenoxy) is 1. The van der Waals surface area contributed by atoms with Crippen molar-refractivity contribution in [3.05, 3.63) is 65.9 Å². The van der Waals surface area contributed by atoms with E-state index in [1.54, 1.807) is 0 Å². The predicted molar refractivity (Wildman–Crippen MR) is 97.2 cm³/mol. The molecule has 1 heterocycles.